The van der Waals surface area contributed by atoms with Gasteiger partial charge >= 0.3 is 0 Å². The molecule has 1 unspecified atom stereocenters. The maximum Gasteiger partial charge on any atom is 0.148 e. The highest BCUT2D eigenvalue weighted by molar-refractivity contribution is 5.65. The summed E-state index contributed by atoms with van der Waals surface area (Å²) in [5.74, 6) is 0.786. The number of hydrogen-bond donors (Lipinski definition) is 3. The molecule has 0 aliphatic carbocycles. The molecule has 2 rings (SSSR count). The summed E-state index contributed by atoms with van der Waals surface area (Å²) in [6.07, 6.45) is 2.61. The van der Waals surface area contributed by atoms with Crippen molar-refractivity contribution >= 4 is 11.5 Å². The number of nitrogens with two attached hydrogens (primary N) is 1. The Kier molecular flexibility index (Phi) is 5.22. The molecular formula is C16H24N4O. The van der Waals surface area contributed by atoms with Crippen molar-refractivity contribution in [3.63, 3.8) is 0 Å². The van der Waals surface area contributed by atoms with E-state index in [2.05, 4.69) is 29.5 Å². The van der Waals surface area contributed by atoms with Crippen molar-refractivity contribution in [1.29, 1.82) is 0 Å². The van der Waals surface area contributed by atoms with Crippen molar-refractivity contribution in [1.82, 2.24) is 9.78 Å². The molecule has 0 radical (unpaired) electrons. The maximum atomic E-state index is 9.61. The number of anilines is 2. The van der Waals surface area contributed by atoms with Gasteiger partial charge in [-0.1, -0.05) is 43.7 Å². The van der Waals surface area contributed by atoms with E-state index in [0.717, 1.165) is 30.8 Å². The lowest BCUT2D eigenvalue weighted by atomic mass is 10.1. The summed E-state index contributed by atoms with van der Waals surface area (Å²) < 4.78 is 1.76. The normalized spacial score (nSPS) is 12.3. The third-order valence-corrected chi connectivity index (χ3v) is 3.53. The fraction of sp³-hybridized carbons (Fsp3) is 0.438. The number of hydrogen-bond acceptors (Lipinski definition) is 4. The number of rotatable bonds is 7. The molecule has 1 heterocycles. The Morgan fingerprint density at radius 3 is 2.67 bits per heavy atom. The van der Waals surface area contributed by atoms with Crippen LogP contribution in [0.2, 0.25) is 0 Å². The second kappa shape index (κ2) is 7.13. The minimum Gasteiger partial charge on any atom is -0.394 e. The molecule has 0 aliphatic heterocycles. The largest absolute Gasteiger partial charge is 0.394 e. The van der Waals surface area contributed by atoms with E-state index < -0.39 is 0 Å². The molecule has 0 aliphatic rings. The van der Waals surface area contributed by atoms with E-state index in [1.807, 2.05) is 25.2 Å². The number of aliphatic hydroxyl groups is 1. The molecule has 0 saturated heterocycles. The molecule has 0 bridgehead atoms. The highest BCUT2D eigenvalue weighted by Crippen LogP contribution is 2.24. The van der Waals surface area contributed by atoms with Crippen LogP contribution < -0.4 is 11.1 Å². The van der Waals surface area contributed by atoms with Crippen LogP contribution in [0.15, 0.2) is 30.3 Å². The molecule has 1 aromatic heterocycles. The van der Waals surface area contributed by atoms with Crippen LogP contribution >= 0.6 is 0 Å². The third kappa shape index (κ3) is 3.76. The van der Waals surface area contributed by atoms with Gasteiger partial charge in [0.1, 0.15) is 5.82 Å². The van der Waals surface area contributed by atoms with E-state index in [4.69, 9.17) is 5.73 Å². The van der Waals surface area contributed by atoms with Crippen LogP contribution in [0.1, 0.15) is 24.6 Å². The molecule has 1 aromatic carbocycles. The lowest BCUT2D eigenvalue weighted by Gasteiger charge is -2.18. The molecule has 0 spiro atoms. The maximum absolute atomic E-state index is 9.61. The average molecular weight is 288 g/mol. The molecule has 0 amide bonds. The Morgan fingerprint density at radius 2 is 2.05 bits per heavy atom. The van der Waals surface area contributed by atoms with Gasteiger partial charge in [-0.25, -0.2) is 0 Å². The first-order valence-corrected chi connectivity index (χ1v) is 7.38. The van der Waals surface area contributed by atoms with Crippen molar-refractivity contribution in [2.75, 3.05) is 17.7 Å². The van der Waals surface area contributed by atoms with Crippen molar-refractivity contribution in [3.8, 4) is 0 Å². The number of nitrogens with zero attached hydrogens (tertiary/aromatic N) is 2. The minimum atomic E-state index is -0.0837. The van der Waals surface area contributed by atoms with Gasteiger partial charge in [0.25, 0.3) is 0 Å². The van der Waals surface area contributed by atoms with Gasteiger partial charge in [0.05, 0.1) is 24.0 Å². The summed E-state index contributed by atoms with van der Waals surface area (Å²) in [5.41, 5.74) is 8.94. The van der Waals surface area contributed by atoms with Crippen LogP contribution in [-0.4, -0.2) is 27.5 Å². The number of benzene rings is 1. The summed E-state index contributed by atoms with van der Waals surface area (Å²) in [7, 11) is 1.87. The van der Waals surface area contributed by atoms with E-state index in [-0.39, 0.29) is 12.6 Å². The van der Waals surface area contributed by atoms with Crippen LogP contribution in [0.3, 0.4) is 0 Å². The highest BCUT2D eigenvalue weighted by atomic mass is 16.3. The van der Waals surface area contributed by atoms with Gasteiger partial charge in [0.2, 0.25) is 0 Å². The fourth-order valence-electron chi connectivity index (χ4n) is 2.44. The molecule has 5 heteroatoms. The number of aryl methyl sites for hydroxylation is 2. The predicted molar refractivity (Wildman–Crippen MR) is 86.3 cm³/mol. The molecule has 1 atom stereocenters. The first kappa shape index (κ1) is 15.4. The second-order valence-corrected chi connectivity index (χ2v) is 5.30. The zero-order valence-corrected chi connectivity index (χ0v) is 12.7. The van der Waals surface area contributed by atoms with Crippen LogP contribution in [0.5, 0.6) is 0 Å². The summed E-state index contributed by atoms with van der Waals surface area (Å²) in [5, 5.41) is 17.4. The highest BCUT2D eigenvalue weighted by Gasteiger charge is 2.16. The first-order valence-electron chi connectivity index (χ1n) is 7.38. The SMILES string of the molecule is CCCc1nn(C)c(NC(CO)Cc2ccccc2)c1N. The van der Waals surface area contributed by atoms with Gasteiger partial charge in [-0.05, 0) is 18.4 Å². The summed E-state index contributed by atoms with van der Waals surface area (Å²) in [4.78, 5) is 0. The minimum absolute atomic E-state index is 0.0443. The average Bonchev–Trinajstić information content (AvgIpc) is 2.75. The smallest absolute Gasteiger partial charge is 0.148 e. The van der Waals surface area contributed by atoms with Crippen molar-refractivity contribution in [2.24, 2.45) is 7.05 Å². The monoisotopic (exact) mass is 288 g/mol. The van der Waals surface area contributed by atoms with Crippen LogP contribution in [0.4, 0.5) is 11.5 Å². The lowest BCUT2D eigenvalue weighted by molar-refractivity contribution is 0.273. The van der Waals surface area contributed by atoms with Gasteiger partial charge < -0.3 is 16.2 Å². The van der Waals surface area contributed by atoms with Gasteiger partial charge in [-0.3, -0.25) is 4.68 Å². The van der Waals surface area contributed by atoms with Crippen LogP contribution in [-0.2, 0) is 19.9 Å². The first-order chi connectivity index (χ1) is 10.2. The van der Waals surface area contributed by atoms with E-state index in [9.17, 15) is 5.11 Å². The Bertz CT molecular complexity index is 565. The van der Waals surface area contributed by atoms with Gasteiger partial charge in [-0.2, -0.15) is 5.10 Å². The molecule has 0 saturated carbocycles. The number of aliphatic hydroxyl groups excluding tert-OH is 1. The molecule has 2 aromatic rings. The fourth-order valence-corrected chi connectivity index (χ4v) is 2.44. The molecule has 4 N–H and O–H groups in total. The lowest BCUT2D eigenvalue weighted by Crippen LogP contribution is -2.28. The summed E-state index contributed by atoms with van der Waals surface area (Å²) in [6.45, 7) is 2.15. The Hall–Kier alpha value is -2.01. The van der Waals surface area contributed by atoms with Gasteiger partial charge in [0, 0.05) is 7.05 Å². The molecule has 114 valence electrons. The second-order valence-electron chi connectivity index (χ2n) is 5.30. The third-order valence-electron chi connectivity index (χ3n) is 3.53. The van der Waals surface area contributed by atoms with Gasteiger partial charge in [0.15, 0.2) is 0 Å². The zero-order chi connectivity index (χ0) is 15.2. The van der Waals surface area contributed by atoms with E-state index in [1.165, 1.54) is 5.56 Å². The predicted octanol–water partition coefficient (Wildman–Crippen LogP) is 1.97. The standard InChI is InChI=1S/C16H24N4O/c1-3-7-14-15(17)16(20(2)19-14)18-13(11-21)10-12-8-5-4-6-9-12/h4-6,8-9,13,18,21H,3,7,10-11,17H2,1-2H3. The zero-order valence-electron chi connectivity index (χ0n) is 12.7. The summed E-state index contributed by atoms with van der Waals surface area (Å²) >= 11 is 0. The quantitative estimate of drug-likeness (QED) is 0.728. The Morgan fingerprint density at radius 1 is 1.33 bits per heavy atom. The Labute approximate surface area is 125 Å². The van der Waals surface area contributed by atoms with Gasteiger partial charge in [-0.15, -0.1) is 0 Å². The van der Waals surface area contributed by atoms with E-state index in [1.54, 1.807) is 4.68 Å². The topological polar surface area (TPSA) is 76.1 Å². The van der Waals surface area contributed by atoms with Crippen LogP contribution in [0.25, 0.3) is 0 Å². The molecule has 0 fully saturated rings. The molecule has 21 heavy (non-hydrogen) atoms. The number of nitrogen functional groups attached to an aromatic ring is 1. The molecule has 5 nitrogen and oxygen atoms in total. The Balaban J connectivity index is 2.11. The summed E-state index contributed by atoms with van der Waals surface area (Å²) in [6, 6.07) is 10.0. The van der Waals surface area contributed by atoms with Crippen molar-refractivity contribution < 1.29 is 5.11 Å². The van der Waals surface area contributed by atoms with E-state index >= 15 is 0 Å². The number of nitrogens with one attached hydrogen (secondary N) is 1. The van der Waals surface area contributed by atoms with Crippen molar-refractivity contribution in [3.05, 3.63) is 41.6 Å². The van der Waals surface area contributed by atoms with Crippen LogP contribution in [0, 0.1) is 0 Å². The number of aromatic nitrogens is 2. The van der Waals surface area contributed by atoms with E-state index in [0.29, 0.717) is 5.69 Å². The molecular weight excluding hydrogens is 264 g/mol. The van der Waals surface area contributed by atoms with Crippen molar-refractivity contribution in [2.45, 2.75) is 32.2 Å².